The summed E-state index contributed by atoms with van der Waals surface area (Å²) in [7, 11) is 0. The molecular weight excluding hydrogens is 355 g/mol. The minimum absolute atomic E-state index is 0.105. The second-order valence-electron chi connectivity index (χ2n) is 5.51. The van der Waals surface area contributed by atoms with Crippen molar-refractivity contribution in [1.82, 2.24) is 10.6 Å². The second kappa shape index (κ2) is 9.91. The number of urea groups is 1. The summed E-state index contributed by atoms with van der Waals surface area (Å²) in [5, 5.41) is 4.58. The molecule has 2 aromatic carbocycles. The highest BCUT2D eigenvalue weighted by atomic mass is 19.1. The van der Waals surface area contributed by atoms with E-state index >= 15 is 0 Å². The van der Waals surface area contributed by atoms with Gasteiger partial charge in [0.15, 0.2) is 24.3 Å². The lowest BCUT2D eigenvalue weighted by Gasteiger charge is -2.14. The van der Waals surface area contributed by atoms with E-state index in [0.29, 0.717) is 0 Å². The zero-order valence-corrected chi connectivity index (χ0v) is 14.6. The molecule has 0 radical (unpaired) electrons. The Morgan fingerprint density at radius 1 is 1.04 bits per heavy atom. The summed E-state index contributed by atoms with van der Waals surface area (Å²) in [5.41, 5.74) is 0.866. The first-order valence-corrected chi connectivity index (χ1v) is 8.15. The number of hydrogen-bond acceptors (Lipinski definition) is 5. The smallest absolute Gasteiger partial charge is 0.344 e. The predicted octanol–water partition coefficient (Wildman–Crippen LogP) is 2.16. The molecule has 0 saturated carbocycles. The van der Waals surface area contributed by atoms with Crippen molar-refractivity contribution in [3.63, 3.8) is 0 Å². The van der Waals surface area contributed by atoms with Gasteiger partial charge in [-0.05, 0) is 24.6 Å². The van der Waals surface area contributed by atoms with Gasteiger partial charge in [0.1, 0.15) is 0 Å². The number of hydrogen-bond donors (Lipinski definition) is 2. The van der Waals surface area contributed by atoms with Gasteiger partial charge in [-0.2, -0.15) is 0 Å². The lowest BCUT2D eigenvalue weighted by Crippen LogP contribution is -2.44. The van der Waals surface area contributed by atoms with E-state index in [-0.39, 0.29) is 12.3 Å². The molecule has 7 nitrogen and oxygen atoms in total. The zero-order chi connectivity index (χ0) is 19.6. The van der Waals surface area contributed by atoms with Gasteiger partial charge >= 0.3 is 12.0 Å². The van der Waals surface area contributed by atoms with Crippen molar-refractivity contribution in [3.8, 4) is 5.75 Å². The van der Waals surface area contributed by atoms with Gasteiger partial charge in [-0.15, -0.1) is 0 Å². The number of para-hydroxylation sites is 1. The van der Waals surface area contributed by atoms with E-state index in [2.05, 4.69) is 10.6 Å². The molecule has 8 heteroatoms. The van der Waals surface area contributed by atoms with Crippen LogP contribution in [0.15, 0.2) is 54.6 Å². The van der Waals surface area contributed by atoms with Gasteiger partial charge in [-0.3, -0.25) is 10.1 Å². The highest BCUT2D eigenvalue weighted by molar-refractivity contribution is 5.97. The van der Waals surface area contributed by atoms with E-state index in [4.69, 9.17) is 9.47 Å². The maximum Gasteiger partial charge on any atom is 0.344 e. The number of amides is 3. The SMILES string of the molecule is CC(OC(=O)COc1ccccc1F)C(=O)NC(=O)NCc1ccccc1. The number of halogens is 1. The maximum absolute atomic E-state index is 13.4. The molecule has 0 aromatic heterocycles. The Morgan fingerprint density at radius 3 is 2.41 bits per heavy atom. The number of ether oxygens (including phenoxy) is 2. The fourth-order valence-corrected chi connectivity index (χ4v) is 2.02. The van der Waals surface area contributed by atoms with Gasteiger partial charge in [0.05, 0.1) is 0 Å². The average molecular weight is 374 g/mol. The molecule has 1 unspecified atom stereocenters. The van der Waals surface area contributed by atoms with Crippen LogP contribution in [0.2, 0.25) is 0 Å². The van der Waals surface area contributed by atoms with Crippen LogP contribution in [0.1, 0.15) is 12.5 Å². The molecule has 27 heavy (non-hydrogen) atoms. The number of esters is 1. The molecule has 142 valence electrons. The number of rotatable bonds is 7. The van der Waals surface area contributed by atoms with Gasteiger partial charge in [0, 0.05) is 6.54 Å². The molecule has 3 amide bonds. The summed E-state index contributed by atoms with van der Waals surface area (Å²) in [6.45, 7) is 0.976. The molecule has 0 heterocycles. The molecule has 2 rings (SSSR count). The highest BCUT2D eigenvalue weighted by Crippen LogP contribution is 2.15. The van der Waals surface area contributed by atoms with Gasteiger partial charge in [0.2, 0.25) is 0 Å². The molecule has 0 aliphatic heterocycles. The molecule has 0 aliphatic rings. The minimum Gasteiger partial charge on any atom is -0.479 e. The van der Waals surface area contributed by atoms with Crippen LogP contribution in [0.3, 0.4) is 0 Å². The van der Waals surface area contributed by atoms with E-state index in [1.165, 1.54) is 25.1 Å². The lowest BCUT2D eigenvalue weighted by molar-refractivity contribution is -0.156. The van der Waals surface area contributed by atoms with Gasteiger partial charge in [-0.25, -0.2) is 14.0 Å². The number of carbonyl (C=O) groups excluding carboxylic acids is 3. The van der Waals surface area contributed by atoms with Crippen molar-refractivity contribution in [1.29, 1.82) is 0 Å². The Hall–Kier alpha value is -3.42. The average Bonchev–Trinajstić information content (AvgIpc) is 2.66. The number of nitrogens with one attached hydrogen (secondary N) is 2. The molecule has 2 aromatic rings. The first-order valence-electron chi connectivity index (χ1n) is 8.15. The van der Waals surface area contributed by atoms with E-state index in [0.717, 1.165) is 5.56 Å². The molecule has 0 saturated heterocycles. The monoisotopic (exact) mass is 374 g/mol. The molecule has 2 N–H and O–H groups in total. The van der Waals surface area contributed by atoms with E-state index in [9.17, 15) is 18.8 Å². The third kappa shape index (κ3) is 6.77. The van der Waals surface area contributed by atoms with Crippen LogP contribution in [0.4, 0.5) is 9.18 Å². The summed E-state index contributed by atoms with van der Waals surface area (Å²) < 4.78 is 23.2. The summed E-state index contributed by atoms with van der Waals surface area (Å²) in [4.78, 5) is 35.3. The van der Waals surface area contributed by atoms with Crippen molar-refractivity contribution in [2.75, 3.05) is 6.61 Å². The van der Waals surface area contributed by atoms with Crippen LogP contribution in [-0.2, 0) is 20.9 Å². The fourth-order valence-electron chi connectivity index (χ4n) is 2.02. The summed E-state index contributed by atoms with van der Waals surface area (Å²) >= 11 is 0. The third-order valence-electron chi connectivity index (χ3n) is 3.39. The summed E-state index contributed by atoms with van der Waals surface area (Å²) in [5.74, 6) is -2.39. The molecular formula is C19H19FN2O5. The van der Waals surface area contributed by atoms with Crippen molar-refractivity contribution in [2.24, 2.45) is 0 Å². The highest BCUT2D eigenvalue weighted by Gasteiger charge is 2.20. The van der Waals surface area contributed by atoms with Crippen LogP contribution in [0.5, 0.6) is 5.75 Å². The van der Waals surface area contributed by atoms with Crippen molar-refractivity contribution in [3.05, 3.63) is 66.0 Å². The molecule has 0 bridgehead atoms. The Labute approximate surface area is 155 Å². The standard InChI is InChI=1S/C19H19FN2O5/c1-13(27-17(23)12-26-16-10-6-5-9-15(16)20)18(24)22-19(25)21-11-14-7-3-2-4-8-14/h2-10,13H,11-12H2,1H3,(H2,21,22,24,25). The largest absolute Gasteiger partial charge is 0.479 e. The van der Waals surface area contributed by atoms with Crippen molar-refractivity contribution in [2.45, 2.75) is 19.6 Å². The van der Waals surface area contributed by atoms with Gasteiger partial charge < -0.3 is 14.8 Å². The van der Waals surface area contributed by atoms with E-state index < -0.39 is 36.4 Å². The Bertz CT molecular complexity index is 798. The number of imide groups is 1. The van der Waals surface area contributed by atoms with E-state index in [1.807, 2.05) is 30.3 Å². The quantitative estimate of drug-likeness (QED) is 0.725. The molecule has 0 spiro atoms. The Morgan fingerprint density at radius 2 is 1.70 bits per heavy atom. The van der Waals surface area contributed by atoms with Crippen LogP contribution >= 0.6 is 0 Å². The Kier molecular flexibility index (Phi) is 7.30. The Balaban J connectivity index is 1.71. The van der Waals surface area contributed by atoms with Crippen LogP contribution < -0.4 is 15.4 Å². The predicted molar refractivity (Wildman–Crippen MR) is 94.3 cm³/mol. The van der Waals surface area contributed by atoms with Crippen molar-refractivity contribution >= 4 is 17.9 Å². The summed E-state index contributed by atoms with van der Waals surface area (Å²) in [6, 6.07) is 14.0. The van der Waals surface area contributed by atoms with E-state index in [1.54, 1.807) is 6.07 Å². The van der Waals surface area contributed by atoms with Crippen LogP contribution in [-0.4, -0.2) is 30.6 Å². The molecule has 0 fully saturated rings. The normalized spacial score (nSPS) is 11.2. The summed E-state index contributed by atoms with van der Waals surface area (Å²) in [6.07, 6.45) is -1.22. The van der Waals surface area contributed by atoms with Gasteiger partial charge in [0.25, 0.3) is 5.91 Å². The molecule has 1 atom stereocenters. The maximum atomic E-state index is 13.4. The van der Waals surface area contributed by atoms with Crippen molar-refractivity contribution < 1.29 is 28.2 Å². The first kappa shape index (κ1) is 19.9. The topological polar surface area (TPSA) is 93.7 Å². The third-order valence-corrected chi connectivity index (χ3v) is 3.39. The van der Waals surface area contributed by atoms with Gasteiger partial charge in [-0.1, -0.05) is 42.5 Å². The molecule has 0 aliphatic carbocycles. The first-order chi connectivity index (χ1) is 13.0. The zero-order valence-electron chi connectivity index (χ0n) is 14.6. The number of carbonyl (C=O) groups is 3. The lowest BCUT2D eigenvalue weighted by atomic mass is 10.2. The minimum atomic E-state index is -1.22. The number of benzene rings is 2. The fraction of sp³-hybridized carbons (Fsp3) is 0.211. The van der Waals surface area contributed by atoms with Crippen LogP contribution in [0, 0.1) is 5.82 Å². The second-order valence-corrected chi connectivity index (χ2v) is 5.51. The van der Waals surface area contributed by atoms with Crippen LogP contribution in [0.25, 0.3) is 0 Å².